The van der Waals surface area contributed by atoms with Crippen molar-refractivity contribution in [1.29, 1.82) is 0 Å². The van der Waals surface area contributed by atoms with E-state index in [2.05, 4.69) is 0 Å². The Labute approximate surface area is 168 Å². The maximum Gasteiger partial charge on any atom is 0.264 e. The van der Waals surface area contributed by atoms with E-state index in [1.54, 1.807) is 29.2 Å². The fourth-order valence-corrected chi connectivity index (χ4v) is 4.32. The number of anilines is 1. The van der Waals surface area contributed by atoms with Crippen molar-refractivity contribution in [2.45, 2.75) is 18.7 Å². The van der Waals surface area contributed by atoms with Crippen LogP contribution in [0.5, 0.6) is 0 Å². The summed E-state index contributed by atoms with van der Waals surface area (Å²) >= 11 is 0. The van der Waals surface area contributed by atoms with Gasteiger partial charge in [-0.25, -0.2) is 8.42 Å². The molecule has 0 saturated heterocycles. The smallest absolute Gasteiger partial charge is 0.264 e. The number of likely N-dealkylation sites (N-methyl/N-ethyl adjacent to an activating group) is 1. The van der Waals surface area contributed by atoms with Crippen LogP contribution in [0, 0.1) is 0 Å². The normalized spacial score (nSPS) is 11.5. The number of para-hydroxylation sites is 1. The highest BCUT2D eigenvalue weighted by Gasteiger charge is 2.25. The van der Waals surface area contributed by atoms with Gasteiger partial charge in [0, 0.05) is 31.7 Å². The summed E-state index contributed by atoms with van der Waals surface area (Å²) in [5.74, 6) is -0.0959. The minimum atomic E-state index is -3.74. The van der Waals surface area contributed by atoms with Crippen LogP contribution in [0.25, 0.3) is 0 Å². The molecule has 2 rings (SSSR count). The van der Waals surface area contributed by atoms with Crippen molar-refractivity contribution in [3.8, 4) is 0 Å². The first-order valence-electron chi connectivity index (χ1n) is 9.43. The lowest BCUT2D eigenvalue weighted by molar-refractivity contribution is 0.0773. The predicted octanol–water partition coefficient (Wildman–Crippen LogP) is 2.93. The topological polar surface area (TPSA) is 60.9 Å². The molecule has 1 amide bonds. The lowest BCUT2D eigenvalue weighted by Gasteiger charge is -2.26. The molecule has 0 spiro atoms. The van der Waals surface area contributed by atoms with Crippen molar-refractivity contribution in [3.63, 3.8) is 0 Å². The Morgan fingerprint density at radius 2 is 1.43 bits per heavy atom. The van der Waals surface area contributed by atoms with Gasteiger partial charge in [0.15, 0.2) is 0 Å². The highest BCUT2D eigenvalue weighted by Crippen LogP contribution is 2.24. The molecular weight excluding hydrogens is 374 g/mol. The maximum absolute atomic E-state index is 13.3. The first kappa shape index (κ1) is 21.9. The Hall–Kier alpha value is -2.38. The molecule has 0 saturated carbocycles. The van der Waals surface area contributed by atoms with Gasteiger partial charge < -0.3 is 9.80 Å². The van der Waals surface area contributed by atoms with Gasteiger partial charge in [-0.1, -0.05) is 18.2 Å². The van der Waals surface area contributed by atoms with Crippen molar-refractivity contribution in [1.82, 2.24) is 9.80 Å². The summed E-state index contributed by atoms with van der Waals surface area (Å²) in [6.07, 6.45) is 0. The van der Waals surface area contributed by atoms with Gasteiger partial charge in [-0.15, -0.1) is 0 Å². The van der Waals surface area contributed by atoms with Crippen molar-refractivity contribution in [2.24, 2.45) is 0 Å². The van der Waals surface area contributed by atoms with Gasteiger partial charge in [0.2, 0.25) is 0 Å². The van der Waals surface area contributed by atoms with E-state index in [0.29, 0.717) is 37.4 Å². The summed E-state index contributed by atoms with van der Waals surface area (Å²) < 4.78 is 28.0. The minimum absolute atomic E-state index is 0.0959. The van der Waals surface area contributed by atoms with E-state index < -0.39 is 10.0 Å². The second kappa shape index (κ2) is 9.71. The van der Waals surface area contributed by atoms with Crippen molar-refractivity contribution < 1.29 is 13.2 Å². The fraction of sp³-hybridized carbons (Fsp3) is 0.381. The summed E-state index contributed by atoms with van der Waals surface area (Å²) in [6.45, 7) is 5.99. The Morgan fingerprint density at radius 1 is 0.857 bits per heavy atom. The average Bonchev–Trinajstić information content (AvgIpc) is 2.69. The largest absolute Gasteiger partial charge is 0.339 e. The number of carbonyl (C=O) groups is 1. The number of sulfonamides is 1. The van der Waals surface area contributed by atoms with Crippen LogP contribution in [0.3, 0.4) is 0 Å². The molecule has 6 nitrogen and oxygen atoms in total. The lowest BCUT2D eigenvalue weighted by Crippen LogP contribution is -2.36. The summed E-state index contributed by atoms with van der Waals surface area (Å²) in [6, 6.07) is 15.3. The molecule has 0 bridgehead atoms. The molecule has 0 unspecified atom stereocenters. The van der Waals surface area contributed by atoms with Crippen LogP contribution in [0.4, 0.5) is 5.69 Å². The SMILES string of the molecule is CCN(CC)C(=O)c1ccc(S(=O)(=O)N(CCN(C)C)c2ccccc2)cc1. The Bertz CT molecular complexity index is 862. The van der Waals surface area contributed by atoms with Gasteiger partial charge in [-0.05, 0) is 64.3 Å². The summed E-state index contributed by atoms with van der Waals surface area (Å²) in [5, 5.41) is 0. The standard InChI is InChI=1S/C21H29N3O3S/c1-5-23(6-2)21(25)18-12-14-20(15-13-18)28(26,27)24(17-16-22(3)4)19-10-8-7-9-11-19/h7-15H,5-6,16-17H2,1-4H3. The molecule has 0 N–H and O–H groups in total. The number of carbonyl (C=O) groups excluding carboxylic acids is 1. The van der Waals surface area contributed by atoms with E-state index in [0.717, 1.165) is 0 Å². The minimum Gasteiger partial charge on any atom is -0.339 e. The van der Waals surface area contributed by atoms with Crippen LogP contribution in [0.1, 0.15) is 24.2 Å². The number of hydrogen-bond donors (Lipinski definition) is 0. The molecule has 28 heavy (non-hydrogen) atoms. The molecule has 0 radical (unpaired) electrons. The first-order chi connectivity index (χ1) is 13.3. The van der Waals surface area contributed by atoms with E-state index in [1.165, 1.54) is 16.4 Å². The first-order valence-corrected chi connectivity index (χ1v) is 10.9. The zero-order valence-electron chi connectivity index (χ0n) is 17.0. The predicted molar refractivity (Wildman–Crippen MR) is 113 cm³/mol. The highest BCUT2D eigenvalue weighted by atomic mass is 32.2. The van der Waals surface area contributed by atoms with Gasteiger partial charge in [-0.2, -0.15) is 0 Å². The third-order valence-corrected chi connectivity index (χ3v) is 6.38. The van der Waals surface area contributed by atoms with Crippen LogP contribution in [0.15, 0.2) is 59.5 Å². The number of amides is 1. The molecule has 0 aliphatic heterocycles. The van der Waals surface area contributed by atoms with Crippen molar-refractivity contribution >= 4 is 21.6 Å². The molecule has 0 aromatic heterocycles. The summed E-state index contributed by atoms with van der Waals surface area (Å²) in [4.78, 5) is 16.3. The number of hydrogen-bond acceptors (Lipinski definition) is 4. The van der Waals surface area contributed by atoms with E-state index in [1.807, 2.05) is 51.0 Å². The molecule has 0 aliphatic rings. The molecular formula is C21H29N3O3S. The number of rotatable bonds is 9. The Morgan fingerprint density at radius 3 is 1.93 bits per heavy atom. The second-order valence-electron chi connectivity index (χ2n) is 6.72. The van der Waals surface area contributed by atoms with Crippen LogP contribution in [0.2, 0.25) is 0 Å². The van der Waals surface area contributed by atoms with Gasteiger partial charge in [0.25, 0.3) is 15.9 Å². The monoisotopic (exact) mass is 403 g/mol. The third-order valence-electron chi connectivity index (χ3n) is 4.53. The van der Waals surface area contributed by atoms with E-state index in [-0.39, 0.29) is 10.8 Å². The molecule has 152 valence electrons. The van der Waals surface area contributed by atoms with Crippen molar-refractivity contribution in [2.75, 3.05) is 44.6 Å². The zero-order chi connectivity index (χ0) is 20.7. The van der Waals surface area contributed by atoms with Gasteiger partial charge in [-0.3, -0.25) is 9.10 Å². The van der Waals surface area contributed by atoms with E-state index in [9.17, 15) is 13.2 Å². The van der Waals surface area contributed by atoms with E-state index in [4.69, 9.17) is 0 Å². The molecule has 0 heterocycles. The average molecular weight is 404 g/mol. The maximum atomic E-state index is 13.3. The molecule has 7 heteroatoms. The molecule has 0 aliphatic carbocycles. The van der Waals surface area contributed by atoms with Crippen LogP contribution in [-0.4, -0.2) is 64.4 Å². The fourth-order valence-electron chi connectivity index (χ4n) is 2.86. The van der Waals surface area contributed by atoms with Gasteiger partial charge in [0.1, 0.15) is 0 Å². The van der Waals surface area contributed by atoms with Crippen molar-refractivity contribution in [3.05, 3.63) is 60.2 Å². The lowest BCUT2D eigenvalue weighted by atomic mass is 10.2. The Balaban J connectivity index is 2.35. The Kier molecular flexibility index (Phi) is 7.60. The van der Waals surface area contributed by atoms with Crippen LogP contribution >= 0.6 is 0 Å². The second-order valence-corrected chi connectivity index (χ2v) is 8.58. The molecule has 2 aromatic rings. The molecule has 2 aromatic carbocycles. The summed E-state index contributed by atoms with van der Waals surface area (Å²) in [5.41, 5.74) is 1.11. The highest BCUT2D eigenvalue weighted by molar-refractivity contribution is 7.92. The number of benzene rings is 2. The molecule has 0 fully saturated rings. The van der Waals surface area contributed by atoms with Crippen LogP contribution in [-0.2, 0) is 10.0 Å². The van der Waals surface area contributed by atoms with E-state index >= 15 is 0 Å². The molecule has 0 atom stereocenters. The van der Waals surface area contributed by atoms with Gasteiger partial charge >= 0.3 is 0 Å². The zero-order valence-corrected chi connectivity index (χ0v) is 17.8. The quantitative estimate of drug-likeness (QED) is 0.646. The third kappa shape index (κ3) is 5.11. The summed E-state index contributed by atoms with van der Waals surface area (Å²) in [7, 11) is 0.0705. The number of nitrogens with zero attached hydrogens (tertiary/aromatic N) is 3. The van der Waals surface area contributed by atoms with Gasteiger partial charge in [0.05, 0.1) is 10.6 Å². The van der Waals surface area contributed by atoms with Crippen LogP contribution < -0.4 is 4.31 Å².